The van der Waals surface area contributed by atoms with E-state index in [1.807, 2.05) is 18.2 Å². The third-order valence-corrected chi connectivity index (χ3v) is 4.15. The molecule has 3 unspecified atom stereocenters. The van der Waals surface area contributed by atoms with Crippen molar-refractivity contribution in [2.45, 2.75) is 13.3 Å². The standard InChI is InChI=1S/C12H15N3O2S/c1-7-5-8(7)6-17-10-4-2-3-9-11(10)12(13)15-18(16)14-9/h2-4,7-8,14H,5-6H2,1H3,(H2,13,15). The summed E-state index contributed by atoms with van der Waals surface area (Å²) in [5.74, 6) is 2.37. The number of nitrogens with zero attached hydrogens (tertiary/aromatic N) is 1. The van der Waals surface area contributed by atoms with Gasteiger partial charge in [-0.3, -0.25) is 4.72 Å². The fourth-order valence-corrected chi connectivity index (χ4v) is 2.75. The molecule has 6 heteroatoms. The molecule has 0 aromatic heterocycles. The van der Waals surface area contributed by atoms with E-state index in [0.29, 0.717) is 29.5 Å². The molecule has 1 heterocycles. The van der Waals surface area contributed by atoms with Crippen LogP contribution < -0.4 is 15.2 Å². The third-order valence-electron chi connectivity index (χ3n) is 3.39. The minimum Gasteiger partial charge on any atom is -0.492 e. The summed E-state index contributed by atoms with van der Waals surface area (Å²) in [5, 5.41) is 0. The zero-order chi connectivity index (χ0) is 12.7. The Kier molecular flexibility index (Phi) is 2.74. The molecule has 0 bridgehead atoms. The van der Waals surface area contributed by atoms with E-state index < -0.39 is 11.2 Å². The van der Waals surface area contributed by atoms with E-state index in [4.69, 9.17) is 10.5 Å². The predicted octanol–water partition coefficient (Wildman–Crippen LogP) is 1.43. The van der Waals surface area contributed by atoms with Gasteiger partial charge in [-0.05, 0) is 30.4 Å². The third kappa shape index (κ3) is 2.08. The molecule has 0 spiro atoms. The van der Waals surface area contributed by atoms with Crippen LogP contribution in [0.5, 0.6) is 5.75 Å². The number of nitrogens with two attached hydrogens (primary N) is 1. The SMILES string of the molecule is CC1CC1COc1cccc2c1C(N)=NS(=O)N2. The van der Waals surface area contributed by atoms with Crippen molar-refractivity contribution in [2.75, 3.05) is 11.3 Å². The fraction of sp³-hybridized carbons (Fsp3) is 0.417. The first-order chi connectivity index (χ1) is 8.65. The largest absolute Gasteiger partial charge is 0.492 e. The van der Waals surface area contributed by atoms with Gasteiger partial charge >= 0.3 is 0 Å². The first-order valence-electron chi connectivity index (χ1n) is 5.94. The quantitative estimate of drug-likeness (QED) is 0.868. The number of anilines is 1. The summed E-state index contributed by atoms with van der Waals surface area (Å²) in [4.78, 5) is 0. The Bertz CT molecular complexity index is 544. The van der Waals surface area contributed by atoms with Crippen molar-refractivity contribution in [3.05, 3.63) is 23.8 Å². The summed E-state index contributed by atoms with van der Waals surface area (Å²) >= 11 is -1.49. The van der Waals surface area contributed by atoms with Crippen molar-refractivity contribution in [1.29, 1.82) is 0 Å². The Labute approximate surface area is 108 Å². The van der Waals surface area contributed by atoms with Crippen molar-refractivity contribution in [3.8, 4) is 5.75 Å². The highest BCUT2D eigenvalue weighted by molar-refractivity contribution is 7.85. The van der Waals surface area contributed by atoms with Crippen molar-refractivity contribution in [1.82, 2.24) is 0 Å². The van der Waals surface area contributed by atoms with Crippen LogP contribution in [-0.2, 0) is 11.2 Å². The Hall–Kier alpha value is -1.56. The number of benzene rings is 1. The van der Waals surface area contributed by atoms with Gasteiger partial charge in [0.1, 0.15) is 11.6 Å². The Morgan fingerprint density at radius 1 is 1.61 bits per heavy atom. The first kappa shape index (κ1) is 11.5. The highest BCUT2D eigenvalue weighted by atomic mass is 32.2. The molecule has 1 aliphatic heterocycles. The number of hydrogen-bond donors (Lipinski definition) is 2. The van der Waals surface area contributed by atoms with E-state index >= 15 is 0 Å². The zero-order valence-corrected chi connectivity index (χ0v) is 10.9. The maximum Gasteiger partial charge on any atom is 0.245 e. The zero-order valence-electron chi connectivity index (χ0n) is 10.1. The van der Waals surface area contributed by atoms with E-state index in [9.17, 15) is 4.21 Å². The fourth-order valence-electron chi connectivity index (χ4n) is 2.08. The monoisotopic (exact) mass is 265 g/mol. The van der Waals surface area contributed by atoms with Gasteiger partial charge in [0.15, 0.2) is 0 Å². The second kappa shape index (κ2) is 4.28. The van der Waals surface area contributed by atoms with Crippen molar-refractivity contribution < 1.29 is 8.95 Å². The molecule has 1 aromatic rings. The summed E-state index contributed by atoms with van der Waals surface area (Å²) in [6, 6.07) is 5.54. The van der Waals surface area contributed by atoms with Gasteiger partial charge in [-0.2, -0.15) is 4.40 Å². The Morgan fingerprint density at radius 2 is 2.39 bits per heavy atom. The minimum atomic E-state index is -1.49. The summed E-state index contributed by atoms with van der Waals surface area (Å²) in [5.41, 5.74) is 7.25. The predicted molar refractivity (Wildman–Crippen MR) is 71.7 cm³/mol. The van der Waals surface area contributed by atoms with Gasteiger partial charge in [-0.1, -0.05) is 13.0 Å². The van der Waals surface area contributed by atoms with E-state index in [1.165, 1.54) is 6.42 Å². The summed E-state index contributed by atoms with van der Waals surface area (Å²) in [6.07, 6.45) is 1.22. The van der Waals surface area contributed by atoms with Crippen LogP contribution in [0.2, 0.25) is 0 Å². The number of fused-ring (bicyclic) bond motifs is 1. The van der Waals surface area contributed by atoms with Crippen molar-refractivity contribution in [3.63, 3.8) is 0 Å². The van der Waals surface area contributed by atoms with Gasteiger partial charge in [-0.15, -0.1) is 0 Å². The van der Waals surface area contributed by atoms with E-state index in [-0.39, 0.29) is 5.84 Å². The molecule has 1 saturated carbocycles. The lowest BCUT2D eigenvalue weighted by molar-refractivity contribution is 0.293. The molecular formula is C12H15N3O2S. The molecule has 3 atom stereocenters. The van der Waals surface area contributed by atoms with Gasteiger partial charge in [0.2, 0.25) is 11.2 Å². The minimum absolute atomic E-state index is 0.265. The second-order valence-corrected chi connectivity index (χ2v) is 5.68. The number of hydrogen-bond acceptors (Lipinski definition) is 3. The average Bonchev–Trinajstić information content (AvgIpc) is 3.02. The van der Waals surface area contributed by atoms with Crippen LogP contribution in [0.1, 0.15) is 18.9 Å². The first-order valence-corrected chi connectivity index (χ1v) is 7.04. The van der Waals surface area contributed by atoms with Gasteiger partial charge in [0.25, 0.3) is 0 Å². The molecule has 3 N–H and O–H groups in total. The van der Waals surface area contributed by atoms with Crippen LogP contribution in [0.15, 0.2) is 22.6 Å². The molecule has 0 saturated heterocycles. The molecule has 5 nitrogen and oxygen atoms in total. The van der Waals surface area contributed by atoms with Crippen LogP contribution in [0, 0.1) is 11.8 Å². The molecule has 1 aromatic carbocycles. The molecule has 3 rings (SSSR count). The van der Waals surface area contributed by atoms with Crippen molar-refractivity contribution >= 4 is 22.7 Å². The topological polar surface area (TPSA) is 76.7 Å². The van der Waals surface area contributed by atoms with Crippen LogP contribution in [0.3, 0.4) is 0 Å². The Balaban J connectivity index is 1.86. The van der Waals surface area contributed by atoms with E-state index in [2.05, 4.69) is 16.0 Å². The Morgan fingerprint density at radius 3 is 3.11 bits per heavy atom. The average molecular weight is 265 g/mol. The molecule has 1 aliphatic carbocycles. The molecule has 0 radical (unpaired) electrons. The lowest BCUT2D eigenvalue weighted by atomic mass is 10.1. The summed E-state index contributed by atoms with van der Waals surface area (Å²) < 4.78 is 23.7. The summed E-state index contributed by atoms with van der Waals surface area (Å²) in [6.45, 7) is 2.92. The number of rotatable bonds is 3. The van der Waals surface area contributed by atoms with Crippen LogP contribution in [0.25, 0.3) is 0 Å². The van der Waals surface area contributed by atoms with Gasteiger partial charge in [0.05, 0.1) is 17.9 Å². The van der Waals surface area contributed by atoms with Crippen molar-refractivity contribution in [2.24, 2.45) is 22.0 Å². The molecule has 96 valence electrons. The molecule has 2 aliphatic rings. The molecule has 18 heavy (non-hydrogen) atoms. The highest BCUT2D eigenvalue weighted by Crippen LogP contribution is 2.38. The van der Waals surface area contributed by atoms with Crippen LogP contribution in [-0.4, -0.2) is 16.7 Å². The van der Waals surface area contributed by atoms with Gasteiger partial charge in [0, 0.05) is 0 Å². The number of amidine groups is 1. The lowest BCUT2D eigenvalue weighted by Crippen LogP contribution is -2.24. The molecule has 0 amide bonds. The normalized spacial score (nSPS) is 28.9. The van der Waals surface area contributed by atoms with E-state index in [1.54, 1.807) is 0 Å². The molecular weight excluding hydrogens is 250 g/mol. The number of nitrogens with one attached hydrogen (secondary N) is 1. The smallest absolute Gasteiger partial charge is 0.245 e. The van der Waals surface area contributed by atoms with Crippen LogP contribution in [0.4, 0.5) is 5.69 Å². The highest BCUT2D eigenvalue weighted by Gasteiger charge is 2.33. The van der Waals surface area contributed by atoms with Crippen LogP contribution >= 0.6 is 0 Å². The number of ether oxygens (including phenoxy) is 1. The molecule has 1 fully saturated rings. The lowest BCUT2D eigenvalue weighted by Gasteiger charge is -2.18. The van der Waals surface area contributed by atoms with Gasteiger partial charge in [-0.25, -0.2) is 4.21 Å². The summed E-state index contributed by atoms with van der Waals surface area (Å²) in [7, 11) is 0. The maximum atomic E-state index is 11.4. The van der Waals surface area contributed by atoms with E-state index in [0.717, 1.165) is 5.92 Å². The maximum absolute atomic E-state index is 11.4. The second-order valence-electron chi connectivity index (χ2n) is 4.79. The van der Waals surface area contributed by atoms with Gasteiger partial charge < -0.3 is 10.5 Å².